The molecule has 1 fully saturated rings. The number of nitrogens with one attached hydrogen (secondary N) is 1. The molecular weight excluding hydrogens is 351 g/mol. The van der Waals surface area contributed by atoms with Gasteiger partial charge in [0.25, 0.3) is 0 Å². The molecule has 1 aliphatic heterocycles. The summed E-state index contributed by atoms with van der Waals surface area (Å²) in [5.74, 6) is 5.67. The molecule has 0 radical (unpaired) electrons. The van der Waals surface area contributed by atoms with Crippen molar-refractivity contribution in [2.45, 2.75) is 50.7 Å². The Labute approximate surface area is 129 Å². The lowest BCUT2D eigenvalue weighted by Gasteiger charge is -2.24. The first kappa shape index (κ1) is 15.2. The maximum Gasteiger partial charge on any atom is 0.0575 e. The standard InChI is InChI=1S/C15H23IN2O/c16-13-6-4-12(5-7-13)11-14(18-17)8-9-15-3-1-2-10-19-15/h4-7,14-15,18H,1-3,8-11,17H2. The topological polar surface area (TPSA) is 47.3 Å². The van der Waals surface area contributed by atoms with Crippen LogP contribution in [-0.4, -0.2) is 18.8 Å². The van der Waals surface area contributed by atoms with E-state index >= 15 is 0 Å². The molecule has 1 heterocycles. The largest absolute Gasteiger partial charge is 0.378 e. The van der Waals surface area contributed by atoms with Gasteiger partial charge in [0.2, 0.25) is 0 Å². The van der Waals surface area contributed by atoms with E-state index in [4.69, 9.17) is 10.6 Å². The van der Waals surface area contributed by atoms with Crippen molar-refractivity contribution < 1.29 is 4.74 Å². The first-order valence-corrected chi connectivity index (χ1v) is 8.18. The minimum atomic E-state index is 0.339. The molecule has 3 nitrogen and oxygen atoms in total. The zero-order chi connectivity index (χ0) is 13.5. The normalized spacial score (nSPS) is 21.3. The molecule has 3 N–H and O–H groups in total. The zero-order valence-electron chi connectivity index (χ0n) is 11.3. The average Bonchev–Trinajstić information content (AvgIpc) is 2.46. The fourth-order valence-corrected chi connectivity index (χ4v) is 2.93. The summed E-state index contributed by atoms with van der Waals surface area (Å²) in [5, 5.41) is 0. The summed E-state index contributed by atoms with van der Waals surface area (Å²) >= 11 is 2.33. The quantitative estimate of drug-likeness (QED) is 0.457. The van der Waals surface area contributed by atoms with Crippen molar-refractivity contribution >= 4 is 22.6 Å². The van der Waals surface area contributed by atoms with E-state index in [0.29, 0.717) is 12.1 Å². The van der Waals surface area contributed by atoms with Crippen LogP contribution in [0.1, 0.15) is 37.7 Å². The van der Waals surface area contributed by atoms with Crippen LogP contribution in [0.3, 0.4) is 0 Å². The second-order valence-corrected chi connectivity index (χ2v) is 6.51. The van der Waals surface area contributed by atoms with Crippen molar-refractivity contribution in [3.8, 4) is 0 Å². The van der Waals surface area contributed by atoms with Crippen LogP contribution in [0.2, 0.25) is 0 Å². The Morgan fingerprint density at radius 1 is 1.32 bits per heavy atom. The van der Waals surface area contributed by atoms with Crippen molar-refractivity contribution in [2.24, 2.45) is 5.84 Å². The van der Waals surface area contributed by atoms with E-state index in [1.807, 2.05) is 0 Å². The lowest BCUT2D eigenvalue weighted by atomic mass is 9.98. The first-order chi connectivity index (χ1) is 9.28. The Kier molecular flexibility index (Phi) is 6.56. The number of hydrogen-bond donors (Lipinski definition) is 2. The van der Waals surface area contributed by atoms with Crippen LogP contribution in [0.4, 0.5) is 0 Å². The molecule has 1 saturated heterocycles. The number of rotatable bonds is 6. The SMILES string of the molecule is NNC(CCC1CCCCO1)Cc1ccc(I)cc1. The number of ether oxygens (including phenoxy) is 1. The van der Waals surface area contributed by atoms with Crippen LogP contribution < -0.4 is 11.3 Å². The molecule has 2 unspecified atom stereocenters. The van der Waals surface area contributed by atoms with Crippen LogP contribution in [0.25, 0.3) is 0 Å². The Hall–Kier alpha value is -0.170. The van der Waals surface area contributed by atoms with Gasteiger partial charge < -0.3 is 4.74 Å². The highest BCUT2D eigenvalue weighted by molar-refractivity contribution is 14.1. The Morgan fingerprint density at radius 3 is 2.74 bits per heavy atom. The van der Waals surface area contributed by atoms with Crippen molar-refractivity contribution in [1.82, 2.24) is 5.43 Å². The smallest absolute Gasteiger partial charge is 0.0575 e. The average molecular weight is 374 g/mol. The van der Waals surface area contributed by atoms with E-state index < -0.39 is 0 Å². The molecule has 0 spiro atoms. The molecule has 2 rings (SSSR count). The lowest BCUT2D eigenvalue weighted by Crippen LogP contribution is -2.37. The van der Waals surface area contributed by atoms with Gasteiger partial charge in [0.15, 0.2) is 0 Å². The Bertz CT molecular complexity index is 363. The van der Waals surface area contributed by atoms with E-state index in [9.17, 15) is 0 Å². The molecule has 1 aromatic carbocycles. The minimum absolute atomic E-state index is 0.339. The van der Waals surface area contributed by atoms with Gasteiger partial charge in [0.05, 0.1) is 6.10 Å². The van der Waals surface area contributed by atoms with E-state index in [-0.39, 0.29) is 0 Å². The van der Waals surface area contributed by atoms with Gasteiger partial charge in [-0.05, 0) is 78.8 Å². The van der Waals surface area contributed by atoms with Crippen molar-refractivity contribution in [3.05, 3.63) is 33.4 Å². The summed E-state index contributed by atoms with van der Waals surface area (Å²) in [6.45, 7) is 0.933. The third-order valence-corrected chi connectivity index (χ3v) is 4.46. The number of halogens is 1. The molecule has 0 aliphatic carbocycles. The molecule has 0 amide bonds. The highest BCUT2D eigenvalue weighted by Gasteiger charge is 2.16. The third-order valence-electron chi connectivity index (χ3n) is 3.74. The van der Waals surface area contributed by atoms with Gasteiger partial charge in [-0.25, -0.2) is 0 Å². The summed E-state index contributed by atoms with van der Waals surface area (Å²) in [7, 11) is 0. The van der Waals surface area contributed by atoms with Crippen molar-refractivity contribution in [3.63, 3.8) is 0 Å². The summed E-state index contributed by atoms with van der Waals surface area (Å²) < 4.78 is 7.04. The predicted octanol–water partition coefficient (Wildman–Crippen LogP) is 3.01. The van der Waals surface area contributed by atoms with Crippen LogP contribution in [0, 0.1) is 3.57 Å². The molecule has 1 aliphatic rings. The first-order valence-electron chi connectivity index (χ1n) is 7.10. The van der Waals surface area contributed by atoms with Crippen LogP contribution in [0.15, 0.2) is 24.3 Å². The highest BCUT2D eigenvalue weighted by Crippen LogP contribution is 2.19. The number of hydrogen-bond acceptors (Lipinski definition) is 3. The molecule has 0 aromatic heterocycles. The van der Waals surface area contributed by atoms with E-state index in [1.54, 1.807) is 0 Å². The van der Waals surface area contributed by atoms with Gasteiger partial charge in [0, 0.05) is 16.2 Å². The van der Waals surface area contributed by atoms with Gasteiger partial charge in [-0.2, -0.15) is 0 Å². The predicted molar refractivity (Wildman–Crippen MR) is 86.8 cm³/mol. The summed E-state index contributed by atoms with van der Waals surface area (Å²) in [6.07, 6.45) is 7.36. The third kappa shape index (κ3) is 5.38. The minimum Gasteiger partial charge on any atom is -0.378 e. The molecule has 4 heteroatoms. The van der Waals surface area contributed by atoms with Crippen LogP contribution in [-0.2, 0) is 11.2 Å². The van der Waals surface area contributed by atoms with Crippen molar-refractivity contribution in [2.75, 3.05) is 6.61 Å². The molecular formula is C15H23IN2O. The Balaban J connectivity index is 1.77. The van der Waals surface area contributed by atoms with Crippen molar-refractivity contribution in [1.29, 1.82) is 0 Å². The van der Waals surface area contributed by atoms with Gasteiger partial charge >= 0.3 is 0 Å². The lowest BCUT2D eigenvalue weighted by molar-refractivity contribution is 0.00858. The molecule has 106 valence electrons. The molecule has 19 heavy (non-hydrogen) atoms. The second kappa shape index (κ2) is 8.19. The Morgan fingerprint density at radius 2 is 2.11 bits per heavy atom. The van der Waals surface area contributed by atoms with Gasteiger partial charge in [0.1, 0.15) is 0 Å². The van der Waals surface area contributed by atoms with Gasteiger partial charge in [-0.1, -0.05) is 12.1 Å². The maximum atomic E-state index is 5.77. The highest BCUT2D eigenvalue weighted by atomic mass is 127. The van der Waals surface area contributed by atoms with Crippen LogP contribution >= 0.6 is 22.6 Å². The summed E-state index contributed by atoms with van der Waals surface area (Å²) in [5.41, 5.74) is 4.29. The zero-order valence-corrected chi connectivity index (χ0v) is 13.4. The van der Waals surface area contributed by atoms with Crippen LogP contribution in [0.5, 0.6) is 0 Å². The van der Waals surface area contributed by atoms with E-state index in [0.717, 1.165) is 25.9 Å². The number of hydrazine groups is 1. The maximum absolute atomic E-state index is 5.77. The van der Waals surface area contributed by atoms with E-state index in [1.165, 1.54) is 28.4 Å². The van der Waals surface area contributed by atoms with Gasteiger partial charge in [-0.3, -0.25) is 11.3 Å². The number of benzene rings is 1. The fraction of sp³-hybridized carbons (Fsp3) is 0.600. The molecule has 1 aromatic rings. The molecule has 0 saturated carbocycles. The summed E-state index contributed by atoms with van der Waals surface area (Å²) in [4.78, 5) is 0. The second-order valence-electron chi connectivity index (χ2n) is 5.26. The number of nitrogens with two attached hydrogens (primary N) is 1. The van der Waals surface area contributed by atoms with E-state index in [2.05, 4.69) is 52.3 Å². The summed E-state index contributed by atoms with van der Waals surface area (Å²) in [6, 6.07) is 9.00. The monoisotopic (exact) mass is 374 g/mol. The van der Waals surface area contributed by atoms with Gasteiger partial charge in [-0.15, -0.1) is 0 Å². The fourth-order valence-electron chi connectivity index (χ4n) is 2.57. The molecule has 2 atom stereocenters. The molecule has 0 bridgehead atoms.